The van der Waals surface area contributed by atoms with Gasteiger partial charge in [0.15, 0.2) is 0 Å². The Labute approximate surface area is 275 Å². The van der Waals surface area contributed by atoms with Crippen molar-refractivity contribution in [1.29, 1.82) is 0 Å². The minimum atomic E-state index is -0.114. The van der Waals surface area contributed by atoms with Gasteiger partial charge in [-0.3, -0.25) is 4.98 Å². The molecule has 0 fully saturated rings. The quantitative estimate of drug-likeness (QED) is 0.188. The van der Waals surface area contributed by atoms with Crippen molar-refractivity contribution >= 4 is 66.1 Å². The summed E-state index contributed by atoms with van der Waals surface area (Å²) in [6.07, 6.45) is 5.07. The predicted molar refractivity (Wildman–Crippen MR) is 192 cm³/mol. The minimum Gasteiger partial charge on any atom is -0.355 e. The third-order valence-corrected chi connectivity index (χ3v) is 10.2. The van der Waals surface area contributed by atoms with E-state index in [-0.39, 0.29) is 5.41 Å². The Kier molecular flexibility index (Phi) is 7.06. The summed E-state index contributed by atoms with van der Waals surface area (Å²) in [6, 6.07) is 21.9. The van der Waals surface area contributed by atoms with E-state index in [4.69, 9.17) is 9.97 Å². The molecule has 2 N–H and O–H groups in total. The number of nitrogens with one attached hydrogen (secondary N) is 2. The number of hydrogen-bond acceptors (Lipinski definition) is 2. The van der Waals surface area contributed by atoms with Gasteiger partial charge < -0.3 is 9.97 Å². The van der Waals surface area contributed by atoms with Crippen LogP contribution < -0.4 is 0 Å². The smallest absolute Gasteiger partial charge is 0.0798 e. The predicted octanol–water partition coefficient (Wildman–Crippen LogP) is 11.1. The zero-order chi connectivity index (χ0) is 30.9. The summed E-state index contributed by atoms with van der Waals surface area (Å²) in [5.41, 5.74) is 17.3. The van der Waals surface area contributed by atoms with Crippen LogP contribution in [0.2, 0.25) is 0 Å². The van der Waals surface area contributed by atoms with Crippen molar-refractivity contribution in [3.05, 3.63) is 115 Å². The van der Waals surface area contributed by atoms with Gasteiger partial charge in [-0.25, -0.2) is 4.98 Å². The first-order valence-electron chi connectivity index (χ1n) is 14.9. The maximum atomic E-state index is 5.24. The van der Waals surface area contributed by atoms with Gasteiger partial charge in [-0.1, -0.05) is 61.4 Å². The molecule has 5 aromatic rings. The molecular weight excluding hydrogens is 672 g/mol. The van der Waals surface area contributed by atoms with Crippen LogP contribution in [0, 0.1) is 27.7 Å². The van der Waals surface area contributed by atoms with Crippen LogP contribution in [0.5, 0.6) is 0 Å². The number of fused-ring (bicyclic) bond motifs is 8. The molecule has 220 valence electrons. The van der Waals surface area contributed by atoms with Crippen LogP contribution >= 0.6 is 31.9 Å². The lowest BCUT2D eigenvalue weighted by molar-refractivity contribution is 0.543. The van der Waals surface area contributed by atoms with Gasteiger partial charge in [0.05, 0.1) is 27.1 Å². The summed E-state index contributed by atoms with van der Waals surface area (Å²) >= 11 is 7.87. The van der Waals surface area contributed by atoms with E-state index in [0.717, 1.165) is 76.9 Å². The van der Waals surface area contributed by atoms with Crippen molar-refractivity contribution in [2.24, 2.45) is 0 Å². The lowest BCUT2D eigenvalue weighted by atomic mass is 9.87. The van der Waals surface area contributed by atoms with Crippen LogP contribution in [-0.2, 0) is 11.8 Å². The first-order valence-corrected chi connectivity index (χ1v) is 16.5. The second kappa shape index (κ2) is 10.7. The van der Waals surface area contributed by atoms with E-state index >= 15 is 0 Å². The van der Waals surface area contributed by atoms with Crippen LogP contribution in [0.3, 0.4) is 0 Å². The van der Waals surface area contributed by atoms with Gasteiger partial charge in [0, 0.05) is 49.7 Å². The molecule has 0 unspecified atom stereocenters. The van der Waals surface area contributed by atoms with Gasteiger partial charge in [0.25, 0.3) is 0 Å². The Morgan fingerprint density at radius 1 is 0.682 bits per heavy atom. The third kappa shape index (κ3) is 4.98. The fourth-order valence-electron chi connectivity index (χ4n) is 6.64. The fraction of sp³-hybridized carbons (Fsp3) is 0.211. The molecule has 6 heteroatoms. The highest BCUT2D eigenvalue weighted by molar-refractivity contribution is 9.11. The maximum Gasteiger partial charge on any atom is 0.0798 e. The number of hydrogen-bond donors (Lipinski definition) is 2. The van der Waals surface area contributed by atoms with Crippen LogP contribution in [-0.4, -0.2) is 19.9 Å². The van der Waals surface area contributed by atoms with Crippen LogP contribution in [0.15, 0.2) is 69.6 Å². The second-order valence-corrected chi connectivity index (χ2v) is 14.4. The van der Waals surface area contributed by atoms with Crippen molar-refractivity contribution < 1.29 is 0 Å². The zero-order valence-corrected chi connectivity index (χ0v) is 29.0. The Hall–Kier alpha value is -3.74. The van der Waals surface area contributed by atoms with Crippen molar-refractivity contribution in [1.82, 2.24) is 19.9 Å². The topological polar surface area (TPSA) is 57.4 Å². The molecule has 2 aromatic carbocycles. The molecule has 5 heterocycles. The molecular formula is C38H34Br2N4. The average molecular weight is 707 g/mol. The highest BCUT2D eigenvalue weighted by Gasteiger charge is 2.30. The highest BCUT2D eigenvalue weighted by atomic mass is 79.9. The van der Waals surface area contributed by atoms with E-state index in [1.54, 1.807) is 0 Å². The van der Waals surface area contributed by atoms with Gasteiger partial charge in [-0.2, -0.15) is 0 Å². The largest absolute Gasteiger partial charge is 0.355 e. The standard InChI is InChI=1S/C38H34Br2N4/c1-20-7-9-24(10-8-20)34-27-12-11-25(41-27)17-32-38(5,6)19-31(43-32)36(40)29-14-13-28(42-29)35(30-18-26(39)37(34)44-30)33-22(3)15-21(2)16-23(33)4/h7-18,41,44H,19H2,1-6H3. The van der Waals surface area contributed by atoms with Gasteiger partial charge in [0.1, 0.15) is 0 Å². The lowest BCUT2D eigenvalue weighted by Crippen LogP contribution is -2.15. The van der Waals surface area contributed by atoms with E-state index in [1.807, 2.05) is 0 Å². The Bertz CT molecular complexity index is 2160. The number of H-pyrrole nitrogens is 2. The number of aromatic amines is 2. The van der Waals surface area contributed by atoms with Gasteiger partial charge in [-0.15, -0.1) is 0 Å². The summed E-state index contributed by atoms with van der Waals surface area (Å²) in [7, 11) is 0. The third-order valence-electron chi connectivity index (χ3n) is 8.76. The summed E-state index contributed by atoms with van der Waals surface area (Å²) in [4.78, 5) is 18.0. The number of benzene rings is 2. The number of aromatic nitrogens is 4. The minimum absolute atomic E-state index is 0.114. The molecule has 0 aliphatic carbocycles. The SMILES string of the molecule is Cc1ccc(-c2c3ccc(cc4nc(c(Br)c5nc(c(-c6c(C)cc(C)cc6C)c6cc(Br)c2[nH]6)C=C5)CC4(C)C)[nH]3)cc1. The zero-order valence-electron chi connectivity index (χ0n) is 25.8. The molecule has 0 amide bonds. The van der Waals surface area contributed by atoms with Crippen molar-refractivity contribution in [3.8, 4) is 22.3 Å². The molecule has 0 saturated carbocycles. The number of rotatable bonds is 2. The van der Waals surface area contributed by atoms with Crippen LogP contribution in [0.25, 0.3) is 56.5 Å². The van der Waals surface area contributed by atoms with E-state index < -0.39 is 0 Å². The molecule has 44 heavy (non-hydrogen) atoms. The van der Waals surface area contributed by atoms with Crippen LogP contribution in [0.1, 0.15) is 58.9 Å². The van der Waals surface area contributed by atoms with E-state index in [2.05, 4.69) is 156 Å². The molecule has 0 atom stereocenters. The lowest BCUT2D eigenvalue weighted by Gasteiger charge is -2.15. The molecule has 0 spiro atoms. The Balaban J connectivity index is 1.70. The van der Waals surface area contributed by atoms with Crippen molar-refractivity contribution in [3.63, 3.8) is 0 Å². The molecule has 2 aliphatic heterocycles. The normalized spacial score (nSPS) is 13.9. The molecule has 7 rings (SSSR count). The molecule has 2 aliphatic rings. The van der Waals surface area contributed by atoms with Crippen LogP contribution in [0.4, 0.5) is 0 Å². The van der Waals surface area contributed by atoms with Gasteiger partial charge >= 0.3 is 0 Å². The van der Waals surface area contributed by atoms with Crippen molar-refractivity contribution in [2.45, 2.75) is 53.4 Å². The number of halogens is 2. The highest BCUT2D eigenvalue weighted by Crippen LogP contribution is 2.41. The van der Waals surface area contributed by atoms with Gasteiger partial charge in [-0.05, 0) is 118 Å². The van der Waals surface area contributed by atoms with E-state index in [9.17, 15) is 0 Å². The average Bonchev–Trinajstić information content (AvgIpc) is 3.75. The van der Waals surface area contributed by atoms with E-state index in [0.29, 0.717) is 0 Å². The van der Waals surface area contributed by atoms with Gasteiger partial charge in [0.2, 0.25) is 0 Å². The summed E-state index contributed by atoms with van der Waals surface area (Å²) in [5.74, 6) is 0. The molecule has 0 radical (unpaired) electrons. The Morgan fingerprint density at radius 3 is 2.11 bits per heavy atom. The molecule has 4 nitrogen and oxygen atoms in total. The fourth-order valence-corrected chi connectivity index (χ4v) is 7.61. The molecule has 8 bridgehead atoms. The molecule has 3 aromatic heterocycles. The van der Waals surface area contributed by atoms with E-state index in [1.165, 1.54) is 27.8 Å². The maximum absolute atomic E-state index is 5.24. The summed E-state index contributed by atoms with van der Waals surface area (Å²) < 4.78 is 1.94. The summed E-state index contributed by atoms with van der Waals surface area (Å²) in [6.45, 7) is 13.2. The number of nitrogens with zero attached hydrogens (tertiary/aromatic N) is 2. The number of aryl methyl sites for hydroxylation is 4. The first-order chi connectivity index (χ1) is 21.0. The molecule has 0 saturated heterocycles. The summed E-state index contributed by atoms with van der Waals surface area (Å²) in [5, 5.41) is 0. The second-order valence-electron chi connectivity index (χ2n) is 12.8. The Morgan fingerprint density at radius 2 is 1.39 bits per heavy atom. The van der Waals surface area contributed by atoms with Crippen molar-refractivity contribution in [2.75, 3.05) is 0 Å². The monoisotopic (exact) mass is 704 g/mol. The first kappa shape index (κ1) is 29.0.